The number of hydrogen-bond acceptors (Lipinski definition) is 4. The Morgan fingerprint density at radius 2 is 2.18 bits per heavy atom. The van der Waals surface area contributed by atoms with E-state index in [0.717, 1.165) is 6.42 Å². The van der Waals surface area contributed by atoms with E-state index < -0.39 is 5.82 Å². The molecule has 0 bridgehead atoms. The van der Waals surface area contributed by atoms with Gasteiger partial charge in [-0.05, 0) is 19.5 Å². The largest absolute Gasteiger partial charge is 0.473 e. The van der Waals surface area contributed by atoms with Crippen molar-refractivity contribution in [2.75, 3.05) is 26.9 Å². The summed E-state index contributed by atoms with van der Waals surface area (Å²) in [6.07, 6.45) is 2.50. The van der Waals surface area contributed by atoms with E-state index in [9.17, 15) is 4.39 Å². The lowest BCUT2D eigenvalue weighted by molar-refractivity contribution is 0.0973. The van der Waals surface area contributed by atoms with Gasteiger partial charge in [0.2, 0.25) is 0 Å². The van der Waals surface area contributed by atoms with E-state index in [1.807, 2.05) is 6.92 Å². The first kappa shape index (κ1) is 13.9. The van der Waals surface area contributed by atoms with Gasteiger partial charge in [-0.1, -0.05) is 6.92 Å². The molecule has 0 aliphatic heterocycles. The van der Waals surface area contributed by atoms with Crippen LogP contribution in [0, 0.1) is 5.82 Å². The highest BCUT2D eigenvalue weighted by molar-refractivity contribution is 5.23. The summed E-state index contributed by atoms with van der Waals surface area (Å²) in [5.74, 6) is -0.366. The molecule has 0 saturated carbocycles. The molecule has 0 aromatic carbocycles. The molecule has 1 rings (SSSR count). The van der Waals surface area contributed by atoms with Gasteiger partial charge in [-0.25, -0.2) is 9.37 Å². The Morgan fingerprint density at radius 3 is 2.88 bits per heavy atom. The average Bonchev–Trinajstić information content (AvgIpc) is 2.33. The van der Waals surface area contributed by atoms with Crippen molar-refractivity contribution in [1.29, 1.82) is 0 Å². The smallest absolute Gasteiger partial charge is 0.250 e. The molecule has 96 valence electrons. The molecule has 4 nitrogen and oxygen atoms in total. The van der Waals surface area contributed by atoms with E-state index in [4.69, 9.17) is 9.47 Å². The van der Waals surface area contributed by atoms with Crippen LogP contribution in [-0.4, -0.2) is 31.9 Å². The Morgan fingerprint density at radius 1 is 1.35 bits per heavy atom. The quantitative estimate of drug-likeness (QED) is 0.705. The summed E-state index contributed by atoms with van der Waals surface area (Å²) in [4.78, 5) is 3.86. The zero-order valence-corrected chi connectivity index (χ0v) is 10.3. The van der Waals surface area contributed by atoms with Gasteiger partial charge in [0.15, 0.2) is 5.82 Å². The minimum Gasteiger partial charge on any atom is -0.473 e. The number of pyridine rings is 1. The van der Waals surface area contributed by atoms with E-state index in [1.54, 1.807) is 13.1 Å². The zero-order valence-electron chi connectivity index (χ0n) is 10.3. The van der Waals surface area contributed by atoms with Crippen molar-refractivity contribution in [1.82, 2.24) is 10.3 Å². The topological polar surface area (TPSA) is 43.4 Å². The highest BCUT2D eigenvalue weighted by Crippen LogP contribution is 2.16. The van der Waals surface area contributed by atoms with Crippen LogP contribution in [0.2, 0.25) is 0 Å². The molecule has 1 heterocycles. The molecule has 0 unspecified atom stereocenters. The number of halogens is 1. The number of rotatable bonds is 8. The number of hydrogen-bond donors (Lipinski definition) is 1. The molecule has 0 amide bonds. The molecule has 0 atom stereocenters. The van der Waals surface area contributed by atoms with Gasteiger partial charge in [0.1, 0.15) is 6.61 Å². The normalized spacial score (nSPS) is 10.5. The van der Waals surface area contributed by atoms with Crippen LogP contribution < -0.4 is 10.1 Å². The monoisotopic (exact) mass is 242 g/mol. The number of nitrogens with one attached hydrogen (secondary N) is 1. The van der Waals surface area contributed by atoms with E-state index in [0.29, 0.717) is 31.9 Å². The molecule has 1 aromatic heterocycles. The molecule has 5 heteroatoms. The van der Waals surface area contributed by atoms with Crippen molar-refractivity contribution in [2.45, 2.75) is 19.9 Å². The third-order valence-electron chi connectivity index (χ3n) is 2.12. The molecule has 1 N–H and O–H groups in total. The first-order chi connectivity index (χ1) is 8.29. The maximum Gasteiger partial charge on any atom is 0.250 e. The van der Waals surface area contributed by atoms with Crippen molar-refractivity contribution in [2.24, 2.45) is 0 Å². The summed E-state index contributed by atoms with van der Waals surface area (Å²) in [6.45, 7) is 3.94. The second-order valence-corrected chi connectivity index (χ2v) is 3.58. The standard InChI is InChI=1S/C12H19FN2O2/c1-3-6-16-7-8-17-12-11(13)10(9-14-2)4-5-15-12/h4-5,14H,3,6-9H2,1-2H3. The SMILES string of the molecule is CCCOCCOc1nccc(CNC)c1F. The first-order valence-corrected chi connectivity index (χ1v) is 5.78. The summed E-state index contributed by atoms with van der Waals surface area (Å²) in [5.41, 5.74) is 0.548. The van der Waals surface area contributed by atoms with Crippen LogP contribution in [0.25, 0.3) is 0 Å². The minimum absolute atomic E-state index is 0.0397. The summed E-state index contributed by atoms with van der Waals surface area (Å²) < 4.78 is 24.2. The lowest BCUT2D eigenvalue weighted by atomic mass is 10.2. The molecular formula is C12H19FN2O2. The third-order valence-corrected chi connectivity index (χ3v) is 2.12. The third kappa shape index (κ3) is 4.66. The lowest BCUT2D eigenvalue weighted by Crippen LogP contribution is -2.12. The number of nitrogens with zero attached hydrogens (tertiary/aromatic N) is 1. The van der Waals surface area contributed by atoms with Crippen molar-refractivity contribution < 1.29 is 13.9 Å². The molecule has 0 aliphatic carbocycles. The Bertz CT molecular complexity index is 334. The van der Waals surface area contributed by atoms with Crippen LogP contribution in [0.4, 0.5) is 4.39 Å². The Kier molecular flexibility index (Phi) is 6.50. The predicted molar refractivity (Wildman–Crippen MR) is 63.6 cm³/mol. The lowest BCUT2D eigenvalue weighted by Gasteiger charge is -2.09. The van der Waals surface area contributed by atoms with Crippen LogP contribution in [-0.2, 0) is 11.3 Å². The van der Waals surface area contributed by atoms with Gasteiger partial charge in [-0.3, -0.25) is 0 Å². The Balaban J connectivity index is 2.44. The van der Waals surface area contributed by atoms with Crippen molar-refractivity contribution >= 4 is 0 Å². The predicted octanol–water partition coefficient (Wildman–Crippen LogP) is 1.75. The van der Waals surface area contributed by atoms with Gasteiger partial charge in [0.25, 0.3) is 5.88 Å². The summed E-state index contributed by atoms with van der Waals surface area (Å²) in [6, 6.07) is 1.63. The fraction of sp³-hybridized carbons (Fsp3) is 0.583. The summed E-state index contributed by atoms with van der Waals surface area (Å²) in [5, 5.41) is 2.89. The Hall–Kier alpha value is -1.20. The van der Waals surface area contributed by atoms with Crippen LogP contribution in [0.15, 0.2) is 12.3 Å². The van der Waals surface area contributed by atoms with Crippen LogP contribution >= 0.6 is 0 Å². The minimum atomic E-state index is -0.405. The van der Waals surface area contributed by atoms with Gasteiger partial charge < -0.3 is 14.8 Å². The van der Waals surface area contributed by atoms with Crippen molar-refractivity contribution in [3.05, 3.63) is 23.6 Å². The molecule has 0 spiro atoms. The van der Waals surface area contributed by atoms with E-state index in [-0.39, 0.29) is 5.88 Å². The van der Waals surface area contributed by atoms with Crippen LogP contribution in [0.5, 0.6) is 5.88 Å². The maximum atomic E-state index is 13.8. The van der Waals surface area contributed by atoms with Crippen LogP contribution in [0.3, 0.4) is 0 Å². The van der Waals surface area contributed by atoms with Gasteiger partial charge >= 0.3 is 0 Å². The Labute approximate surface area is 101 Å². The van der Waals surface area contributed by atoms with Gasteiger partial charge in [0, 0.05) is 24.9 Å². The fourth-order valence-corrected chi connectivity index (χ4v) is 1.33. The summed E-state index contributed by atoms with van der Waals surface area (Å²) in [7, 11) is 1.76. The van der Waals surface area contributed by atoms with E-state index >= 15 is 0 Å². The highest BCUT2D eigenvalue weighted by atomic mass is 19.1. The molecule has 0 radical (unpaired) electrons. The first-order valence-electron chi connectivity index (χ1n) is 5.78. The van der Waals surface area contributed by atoms with Crippen molar-refractivity contribution in [3.63, 3.8) is 0 Å². The second-order valence-electron chi connectivity index (χ2n) is 3.58. The maximum absolute atomic E-state index is 13.8. The number of aromatic nitrogens is 1. The average molecular weight is 242 g/mol. The molecule has 0 fully saturated rings. The molecule has 1 aromatic rings. The molecule has 17 heavy (non-hydrogen) atoms. The number of ether oxygens (including phenoxy) is 2. The molecule has 0 aliphatic rings. The van der Waals surface area contributed by atoms with Crippen LogP contribution in [0.1, 0.15) is 18.9 Å². The van der Waals surface area contributed by atoms with Crippen molar-refractivity contribution in [3.8, 4) is 5.88 Å². The zero-order chi connectivity index (χ0) is 12.5. The van der Waals surface area contributed by atoms with E-state index in [2.05, 4.69) is 10.3 Å². The fourth-order valence-electron chi connectivity index (χ4n) is 1.33. The second kappa shape index (κ2) is 7.97. The summed E-state index contributed by atoms with van der Waals surface area (Å²) >= 11 is 0. The van der Waals surface area contributed by atoms with Gasteiger partial charge in [-0.15, -0.1) is 0 Å². The van der Waals surface area contributed by atoms with E-state index in [1.165, 1.54) is 6.20 Å². The van der Waals surface area contributed by atoms with Gasteiger partial charge in [-0.2, -0.15) is 0 Å². The van der Waals surface area contributed by atoms with Gasteiger partial charge in [0.05, 0.1) is 6.61 Å². The molecular weight excluding hydrogens is 223 g/mol. The highest BCUT2D eigenvalue weighted by Gasteiger charge is 2.09. The molecule has 0 saturated heterocycles.